The minimum atomic E-state index is -0.0185. The summed E-state index contributed by atoms with van der Waals surface area (Å²) in [6.45, 7) is 2.60. The van der Waals surface area contributed by atoms with Gasteiger partial charge in [0.2, 0.25) is 5.91 Å². The Labute approximate surface area is 167 Å². The smallest absolute Gasteiger partial charge is 0.251 e. The molecule has 2 amide bonds. The van der Waals surface area contributed by atoms with Crippen LogP contribution >= 0.6 is 0 Å². The van der Waals surface area contributed by atoms with Gasteiger partial charge in [-0.05, 0) is 55.9 Å². The molecule has 0 bridgehead atoms. The summed E-state index contributed by atoms with van der Waals surface area (Å²) in [7, 11) is 0. The molecule has 5 nitrogen and oxygen atoms in total. The van der Waals surface area contributed by atoms with E-state index in [0.717, 1.165) is 49.8 Å². The number of fused-ring (bicyclic) bond motifs is 1. The van der Waals surface area contributed by atoms with Crippen molar-refractivity contribution in [1.82, 2.24) is 5.32 Å². The minimum Gasteiger partial charge on any atom is -0.373 e. The number of carbonyl (C=O) groups is 2. The average molecular weight is 385 g/mol. The van der Waals surface area contributed by atoms with Gasteiger partial charge in [-0.3, -0.25) is 9.59 Å². The molecule has 152 valence electrons. The molecule has 1 aliphatic heterocycles. The number of nitrogens with one attached hydrogen (secondary N) is 1. The zero-order chi connectivity index (χ0) is 19.5. The summed E-state index contributed by atoms with van der Waals surface area (Å²) in [4.78, 5) is 26.8. The Morgan fingerprint density at radius 1 is 1.11 bits per heavy atom. The number of ether oxygens (including phenoxy) is 1. The molecule has 5 heteroatoms. The lowest BCUT2D eigenvalue weighted by Crippen LogP contribution is -2.47. The van der Waals surface area contributed by atoms with Gasteiger partial charge in [0.1, 0.15) is 0 Å². The third-order valence-corrected chi connectivity index (χ3v) is 6.53. The summed E-state index contributed by atoms with van der Waals surface area (Å²) in [5.41, 5.74) is 2.75. The highest BCUT2D eigenvalue weighted by atomic mass is 16.5. The van der Waals surface area contributed by atoms with Gasteiger partial charge in [-0.2, -0.15) is 0 Å². The maximum Gasteiger partial charge on any atom is 0.251 e. The molecule has 2 atom stereocenters. The van der Waals surface area contributed by atoms with Crippen molar-refractivity contribution >= 4 is 17.5 Å². The first-order valence-corrected chi connectivity index (χ1v) is 11.1. The van der Waals surface area contributed by atoms with E-state index in [-0.39, 0.29) is 24.0 Å². The monoisotopic (exact) mass is 384 g/mol. The average Bonchev–Trinajstić information content (AvgIpc) is 3.38. The van der Waals surface area contributed by atoms with E-state index in [1.807, 2.05) is 30.0 Å². The van der Waals surface area contributed by atoms with Crippen LogP contribution in [0.2, 0.25) is 0 Å². The number of anilines is 1. The second-order valence-electron chi connectivity index (χ2n) is 8.44. The van der Waals surface area contributed by atoms with Gasteiger partial charge in [0.25, 0.3) is 5.91 Å². The van der Waals surface area contributed by atoms with Crippen LogP contribution in [-0.4, -0.2) is 36.6 Å². The van der Waals surface area contributed by atoms with E-state index in [0.29, 0.717) is 24.6 Å². The quantitative estimate of drug-likeness (QED) is 0.835. The van der Waals surface area contributed by atoms with Crippen LogP contribution < -0.4 is 10.2 Å². The lowest BCUT2D eigenvalue weighted by Gasteiger charge is -2.34. The number of hydrogen-bond donors (Lipinski definition) is 1. The van der Waals surface area contributed by atoms with Crippen LogP contribution in [0.15, 0.2) is 18.2 Å². The summed E-state index contributed by atoms with van der Waals surface area (Å²) >= 11 is 0. The van der Waals surface area contributed by atoms with Crippen molar-refractivity contribution in [2.24, 2.45) is 0 Å². The van der Waals surface area contributed by atoms with Crippen molar-refractivity contribution in [3.05, 3.63) is 29.3 Å². The van der Waals surface area contributed by atoms with Crippen molar-refractivity contribution in [2.75, 3.05) is 11.4 Å². The van der Waals surface area contributed by atoms with Crippen LogP contribution in [0.5, 0.6) is 0 Å². The molecule has 3 aliphatic rings. The highest BCUT2D eigenvalue weighted by molar-refractivity contribution is 5.98. The standard InChI is InChI=1S/C23H32N2O3/c1-2-22(26)25-14-13-16-15-17(11-12-20(16)25)23(27)24-19-9-5-6-10-21(19)28-18-7-3-4-8-18/h11-12,15,18-19,21H,2-10,13-14H2,1H3,(H,24,27)/t19-,21-/m0/s1. The molecule has 0 spiro atoms. The zero-order valence-electron chi connectivity index (χ0n) is 16.9. The van der Waals surface area contributed by atoms with Crippen LogP contribution in [0.1, 0.15) is 80.6 Å². The van der Waals surface area contributed by atoms with E-state index in [4.69, 9.17) is 4.74 Å². The first-order chi connectivity index (χ1) is 13.7. The van der Waals surface area contributed by atoms with Gasteiger partial charge in [-0.25, -0.2) is 0 Å². The fraction of sp³-hybridized carbons (Fsp3) is 0.652. The number of amides is 2. The second-order valence-corrected chi connectivity index (χ2v) is 8.44. The summed E-state index contributed by atoms with van der Waals surface area (Å²) in [5.74, 6) is 0.125. The van der Waals surface area contributed by atoms with Crippen LogP contribution in [0.4, 0.5) is 5.69 Å². The number of carbonyl (C=O) groups excluding carboxylic acids is 2. The number of benzene rings is 1. The Kier molecular flexibility index (Phi) is 6.00. The van der Waals surface area contributed by atoms with E-state index >= 15 is 0 Å². The molecule has 0 radical (unpaired) electrons. The Morgan fingerprint density at radius 3 is 2.64 bits per heavy atom. The predicted octanol–water partition coefficient (Wildman–Crippen LogP) is 3.99. The number of nitrogens with zero attached hydrogens (tertiary/aromatic N) is 1. The molecule has 1 heterocycles. The SMILES string of the molecule is CCC(=O)N1CCc2cc(C(=O)N[C@H]3CCCC[C@@H]3OC3CCCC3)ccc21. The molecule has 4 rings (SSSR count). The normalized spacial score (nSPS) is 25.0. The first kappa shape index (κ1) is 19.4. The van der Waals surface area contributed by atoms with E-state index in [9.17, 15) is 9.59 Å². The Morgan fingerprint density at radius 2 is 1.86 bits per heavy atom. The fourth-order valence-corrected chi connectivity index (χ4v) is 4.94. The van der Waals surface area contributed by atoms with E-state index < -0.39 is 0 Å². The molecular formula is C23H32N2O3. The first-order valence-electron chi connectivity index (χ1n) is 11.1. The molecule has 1 N–H and O–H groups in total. The van der Waals surface area contributed by atoms with Gasteiger partial charge in [-0.15, -0.1) is 0 Å². The molecule has 2 saturated carbocycles. The second kappa shape index (κ2) is 8.64. The van der Waals surface area contributed by atoms with Gasteiger partial charge >= 0.3 is 0 Å². The highest BCUT2D eigenvalue weighted by Gasteiger charge is 2.31. The van der Waals surface area contributed by atoms with E-state index in [1.165, 1.54) is 19.3 Å². The molecule has 0 saturated heterocycles. The molecule has 0 unspecified atom stereocenters. The Bertz CT molecular complexity index is 727. The third-order valence-electron chi connectivity index (χ3n) is 6.53. The molecule has 2 aliphatic carbocycles. The van der Waals surface area contributed by atoms with Crippen molar-refractivity contribution in [1.29, 1.82) is 0 Å². The van der Waals surface area contributed by atoms with Gasteiger partial charge in [0, 0.05) is 24.2 Å². The Hall–Kier alpha value is -1.88. The van der Waals surface area contributed by atoms with Gasteiger partial charge in [0.15, 0.2) is 0 Å². The lowest BCUT2D eigenvalue weighted by molar-refractivity contribution is -0.118. The third kappa shape index (κ3) is 4.09. The molecular weight excluding hydrogens is 352 g/mol. The van der Waals surface area contributed by atoms with Crippen molar-refractivity contribution in [2.45, 2.75) is 89.4 Å². The van der Waals surface area contributed by atoms with Crippen molar-refractivity contribution in [3.8, 4) is 0 Å². The van der Waals surface area contributed by atoms with E-state index in [1.54, 1.807) is 0 Å². The summed E-state index contributed by atoms with van der Waals surface area (Å²) in [5, 5.41) is 3.25. The maximum atomic E-state index is 12.9. The maximum absolute atomic E-state index is 12.9. The lowest BCUT2D eigenvalue weighted by atomic mass is 9.91. The number of hydrogen-bond acceptors (Lipinski definition) is 3. The zero-order valence-corrected chi connectivity index (χ0v) is 16.9. The van der Waals surface area contributed by atoms with Crippen molar-refractivity contribution in [3.63, 3.8) is 0 Å². The van der Waals surface area contributed by atoms with Gasteiger partial charge in [0.05, 0.1) is 18.2 Å². The number of rotatable bonds is 5. The van der Waals surface area contributed by atoms with Crippen LogP contribution in [0.3, 0.4) is 0 Å². The molecule has 1 aromatic rings. The fourth-order valence-electron chi connectivity index (χ4n) is 4.94. The van der Waals surface area contributed by atoms with Gasteiger partial charge < -0.3 is 15.0 Å². The molecule has 28 heavy (non-hydrogen) atoms. The van der Waals surface area contributed by atoms with Crippen LogP contribution in [-0.2, 0) is 16.0 Å². The van der Waals surface area contributed by atoms with E-state index in [2.05, 4.69) is 5.32 Å². The summed E-state index contributed by atoms with van der Waals surface area (Å²) < 4.78 is 6.37. The topological polar surface area (TPSA) is 58.6 Å². The van der Waals surface area contributed by atoms with Crippen LogP contribution in [0.25, 0.3) is 0 Å². The highest BCUT2D eigenvalue weighted by Crippen LogP contribution is 2.31. The molecule has 2 fully saturated rings. The summed E-state index contributed by atoms with van der Waals surface area (Å²) in [6.07, 6.45) is 11.1. The largest absolute Gasteiger partial charge is 0.373 e. The summed E-state index contributed by atoms with van der Waals surface area (Å²) in [6, 6.07) is 5.85. The predicted molar refractivity (Wildman–Crippen MR) is 110 cm³/mol. The van der Waals surface area contributed by atoms with Crippen molar-refractivity contribution < 1.29 is 14.3 Å². The van der Waals surface area contributed by atoms with Crippen LogP contribution in [0, 0.1) is 0 Å². The molecule has 1 aromatic carbocycles. The Balaban J connectivity index is 1.42. The molecule has 0 aromatic heterocycles. The minimum absolute atomic E-state index is 0.0185. The van der Waals surface area contributed by atoms with Gasteiger partial charge in [-0.1, -0.05) is 32.6 Å².